The summed E-state index contributed by atoms with van der Waals surface area (Å²) in [6.07, 6.45) is 0.180. The van der Waals surface area contributed by atoms with Crippen LogP contribution in [0.2, 0.25) is 6.82 Å². The maximum absolute atomic E-state index is 13.0. The van der Waals surface area contributed by atoms with E-state index in [1.807, 2.05) is 54.6 Å². The molecule has 8 heteroatoms. The highest BCUT2D eigenvalue weighted by atomic mass is 16.7. The molecule has 0 saturated carbocycles. The van der Waals surface area contributed by atoms with Crippen LogP contribution in [0.3, 0.4) is 0 Å². The summed E-state index contributed by atoms with van der Waals surface area (Å²) in [4.78, 5) is 37.5. The number of Topliss-reactive ketones (excluding diaryl/α,β-unsaturated/α-hetero) is 1. The molecule has 2 N–H and O–H groups in total. The van der Waals surface area contributed by atoms with Gasteiger partial charge in [0.1, 0.15) is 0 Å². The SMILES string of the molecule is CB(O)N[C@H](Cc1ccc(-c2ccccc2)cc1)C(=O)C1C(=O)OC(C)(C)OC1=O. The number of esters is 2. The Balaban J connectivity index is 1.78. The lowest BCUT2D eigenvalue weighted by Crippen LogP contribution is -2.55. The van der Waals surface area contributed by atoms with Crippen molar-refractivity contribution in [1.82, 2.24) is 5.23 Å². The highest BCUT2D eigenvalue weighted by Gasteiger charge is 2.49. The number of cyclic esters (lactones) is 2. The van der Waals surface area contributed by atoms with E-state index in [2.05, 4.69) is 5.23 Å². The zero-order valence-corrected chi connectivity index (χ0v) is 17.1. The Hall–Kier alpha value is -2.97. The zero-order chi connectivity index (χ0) is 21.9. The van der Waals surface area contributed by atoms with Crippen molar-refractivity contribution in [2.45, 2.75) is 38.9 Å². The van der Waals surface area contributed by atoms with Gasteiger partial charge in [0, 0.05) is 13.8 Å². The van der Waals surface area contributed by atoms with Crippen molar-refractivity contribution in [3.63, 3.8) is 0 Å². The summed E-state index contributed by atoms with van der Waals surface area (Å²) in [5.74, 6) is -5.69. The molecule has 0 amide bonds. The standard InChI is InChI=1S/C22H24BNO6/c1-22(2)29-20(26)18(21(27)30-22)19(25)17(24-23(3)28)13-14-9-11-16(12-10-14)15-7-5-4-6-8-15/h4-12,17-18,24,28H,13H2,1-3H3/t17-/m1/s1. The van der Waals surface area contributed by atoms with Crippen LogP contribution in [0.5, 0.6) is 0 Å². The number of carbonyl (C=O) groups is 3. The topological polar surface area (TPSA) is 102 Å². The number of hydrogen-bond acceptors (Lipinski definition) is 7. The minimum absolute atomic E-state index is 0.180. The molecule has 0 aliphatic carbocycles. The van der Waals surface area contributed by atoms with Gasteiger partial charge in [-0.2, -0.15) is 0 Å². The Kier molecular flexibility index (Phi) is 6.38. The number of carbonyl (C=O) groups excluding carboxylic acids is 3. The van der Waals surface area contributed by atoms with Crippen LogP contribution in [0.1, 0.15) is 19.4 Å². The molecule has 0 aromatic heterocycles. The van der Waals surface area contributed by atoms with Crippen LogP contribution < -0.4 is 5.23 Å². The van der Waals surface area contributed by atoms with E-state index in [4.69, 9.17) is 9.47 Å². The predicted molar refractivity (Wildman–Crippen MR) is 111 cm³/mol. The highest BCUT2D eigenvalue weighted by molar-refractivity contribution is 6.46. The van der Waals surface area contributed by atoms with Gasteiger partial charge in [0.2, 0.25) is 5.92 Å². The molecule has 1 heterocycles. The molecular formula is C22H24BNO6. The fourth-order valence-corrected chi connectivity index (χ4v) is 3.39. The van der Waals surface area contributed by atoms with E-state index in [0.29, 0.717) is 0 Å². The van der Waals surface area contributed by atoms with Gasteiger partial charge in [-0.15, -0.1) is 0 Å². The predicted octanol–water partition coefficient (Wildman–Crippen LogP) is 1.99. The molecule has 30 heavy (non-hydrogen) atoms. The minimum Gasteiger partial charge on any atom is -0.437 e. The van der Waals surface area contributed by atoms with Crippen LogP contribution in [0.4, 0.5) is 0 Å². The van der Waals surface area contributed by atoms with Gasteiger partial charge in [-0.1, -0.05) is 54.6 Å². The van der Waals surface area contributed by atoms with Crippen molar-refractivity contribution in [2.75, 3.05) is 0 Å². The van der Waals surface area contributed by atoms with E-state index < -0.39 is 42.5 Å². The lowest BCUT2D eigenvalue weighted by Gasteiger charge is -2.33. The van der Waals surface area contributed by atoms with E-state index in [-0.39, 0.29) is 6.42 Å². The van der Waals surface area contributed by atoms with Gasteiger partial charge in [-0.25, -0.2) is 0 Å². The Bertz CT molecular complexity index is 906. The second-order valence-electron chi connectivity index (χ2n) is 7.74. The Morgan fingerprint density at radius 1 is 1.03 bits per heavy atom. The van der Waals surface area contributed by atoms with Crippen molar-refractivity contribution >= 4 is 24.8 Å². The third-order valence-electron chi connectivity index (χ3n) is 4.74. The van der Waals surface area contributed by atoms with Crippen LogP contribution in [0.15, 0.2) is 54.6 Å². The number of ether oxygens (including phenoxy) is 2. The number of ketones is 1. The van der Waals surface area contributed by atoms with E-state index in [1.165, 1.54) is 20.7 Å². The summed E-state index contributed by atoms with van der Waals surface area (Å²) in [7, 11) is -1.02. The second kappa shape index (κ2) is 8.81. The molecule has 2 aromatic carbocycles. The summed E-state index contributed by atoms with van der Waals surface area (Å²) >= 11 is 0. The van der Waals surface area contributed by atoms with E-state index in [9.17, 15) is 19.4 Å². The molecule has 3 rings (SSSR count). The van der Waals surface area contributed by atoms with Crippen LogP contribution in [-0.2, 0) is 30.3 Å². The number of nitrogens with one attached hydrogen (secondary N) is 1. The first kappa shape index (κ1) is 21.7. The average molecular weight is 409 g/mol. The van der Waals surface area contributed by atoms with E-state index >= 15 is 0 Å². The largest absolute Gasteiger partial charge is 0.437 e. The third kappa shape index (κ3) is 5.14. The van der Waals surface area contributed by atoms with Gasteiger partial charge in [0.05, 0.1) is 6.04 Å². The second-order valence-corrected chi connectivity index (χ2v) is 7.74. The average Bonchev–Trinajstić information content (AvgIpc) is 2.67. The number of hydrogen-bond donors (Lipinski definition) is 2. The van der Waals surface area contributed by atoms with Crippen molar-refractivity contribution in [3.05, 3.63) is 60.2 Å². The fraction of sp³-hybridized carbons (Fsp3) is 0.318. The molecule has 1 fully saturated rings. The van der Waals surface area contributed by atoms with Gasteiger partial charge >= 0.3 is 19.0 Å². The Morgan fingerprint density at radius 3 is 2.10 bits per heavy atom. The number of rotatable bonds is 7. The molecule has 0 spiro atoms. The van der Waals surface area contributed by atoms with Crippen LogP contribution in [0.25, 0.3) is 11.1 Å². The van der Waals surface area contributed by atoms with E-state index in [0.717, 1.165) is 16.7 Å². The molecule has 2 aromatic rings. The highest BCUT2D eigenvalue weighted by Crippen LogP contribution is 2.25. The van der Waals surface area contributed by atoms with Crippen molar-refractivity contribution < 1.29 is 28.9 Å². The summed E-state index contributed by atoms with van der Waals surface area (Å²) in [6, 6.07) is 16.5. The Morgan fingerprint density at radius 2 is 1.57 bits per heavy atom. The maximum atomic E-state index is 13.0. The van der Waals surface area contributed by atoms with Crippen molar-refractivity contribution in [1.29, 1.82) is 0 Å². The number of benzene rings is 2. The molecule has 1 aliphatic heterocycles. The molecule has 156 valence electrons. The monoisotopic (exact) mass is 409 g/mol. The zero-order valence-electron chi connectivity index (χ0n) is 17.1. The van der Waals surface area contributed by atoms with Crippen LogP contribution >= 0.6 is 0 Å². The van der Waals surface area contributed by atoms with Crippen LogP contribution in [-0.4, -0.2) is 41.6 Å². The fourth-order valence-electron chi connectivity index (χ4n) is 3.39. The lowest BCUT2D eigenvalue weighted by molar-refractivity contribution is -0.238. The lowest BCUT2D eigenvalue weighted by atomic mass is 9.83. The van der Waals surface area contributed by atoms with Gasteiger partial charge in [0.15, 0.2) is 5.78 Å². The van der Waals surface area contributed by atoms with Gasteiger partial charge in [-0.3, -0.25) is 14.4 Å². The van der Waals surface area contributed by atoms with Gasteiger partial charge in [0.25, 0.3) is 5.79 Å². The summed E-state index contributed by atoms with van der Waals surface area (Å²) in [5.41, 5.74) is 2.89. The van der Waals surface area contributed by atoms with Crippen molar-refractivity contribution in [2.24, 2.45) is 5.92 Å². The summed E-state index contributed by atoms with van der Waals surface area (Å²) in [6.45, 7) is 4.30. The molecular weight excluding hydrogens is 385 g/mol. The quantitative estimate of drug-likeness (QED) is 0.410. The smallest absolute Gasteiger partial charge is 0.374 e. The third-order valence-corrected chi connectivity index (χ3v) is 4.74. The molecule has 7 nitrogen and oxygen atoms in total. The normalized spacial score (nSPS) is 17.1. The minimum atomic E-state index is -1.68. The molecule has 0 radical (unpaired) electrons. The molecule has 0 unspecified atom stereocenters. The first-order valence-corrected chi connectivity index (χ1v) is 9.74. The molecule has 1 aliphatic rings. The molecule has 1 saturated heterocycles. The van der Waals surface area contributed by atoms with Gasteiger partial charge in [-0.05, 0) is 29.9 Å². The first-order chi connectivity index (χ1) is 14.2. The van der Waals surface area contributed by atoms with E-state index in [1.54, 1.807) is 0 Å². The van der Waals surface area contributed by atoms with Gasteiger partial charge < -0.3 is 19.7 Å². The molecule has 0 bridgehead atoms. The van der Waals surface area contributed by atoms with Crippen LogP contribution in [0, 0.1) is 5.92 Å². The summed E-state index contributed by atoms with van der Waals surface area (Å²) < 4.78 is 10.1. The molecule has 1 atom stereocenters. The van der Waals surface area contributed by atoms with Crippen molar-refractivity contribution in [3.8, 4) is 11.1 Å². The first-order valence-electron chi connectivity index (χ1n) is 9.74. The maximum Gasteiger partial charge on any atom is 0.374 e. The Labute approximate surface area is 175 Å². The summed E-state index contributed by atoms with van der Waals surface area (Å²) in [5, 5.41) is 12.5.